The van der Waals surface area contributed by atoms with Crippen LogP contribution in [0.2, 0.25) is 0 Å². The summed E-state index contributed by atoms with van der Waals surface area (Å²) in [5, 5.41) is 117. The molecule has 0 bridgehead atoms. The minimum Gasteiger partial charge on any atom is -0.477 e. The second kappa shape index (κ2) is 17.1. The van der Waals surface area contributed by atoms with E-state index in [9.17, 15) is 75.3 Å². The normalized spacial score (nSPS) is 35.6. The highest BCUT2D eigenvalue weighted by Gasteiger charge is 2.57. The molecule has 15 atom stereocenters. The minimum atomic E-state index is -2.88. The zero-order chi connectivity index (χ0) is 35.1. The molecule has 2 amide bonds. The molecule has 2 aliphatic rings. The lowest BCUT2D eigenvalue weighted by molar-refractivity contribution is -0.348. The number of carboxylic acid groups (broad SMARTS) is 1. The molecule has 0 radical (unpaired) electrons. The zero-order valence-electron chi connectivity index (χ0n) is 24.7. The number of aliphatic hydroxyl groups excluding tert-OH is 10. The van der Waals surface area contributed by atoms with Gasteiger partial charge in [-0.1, -0.05) is 0 Å². The summed E-state index contributed by atoms with van der Waals surface area (Å²) >= 11 is 0. The van der Waals surface area contributed by atoms with Crippen molar-refractivity contribution < 1.29 is 94.3 Å². The Kier molecular flexibility index (Phi) is 14.7. The molecule has 266 valence electrons. The van der Waals surface area contributed by atoms with Gasteiger partial charge in [-0.05, 0) is 0 Å². The van der Waals surface area contributed by atoms with Crippen molar-refractivity contribution in [1.82, 2.24) is 10.6 Å². The van der Waals surface area contributed by atoms with E-state index in [0.717, 1.165) is 13.8 Å². The van der Waals surface area contributed by atoms with Crippen molar-refractivity contribution in [3.8, 4) is 0 Å². The molecule has 2 unspecified atom stereocenters. The molecule has 0 aliphatic carbocycles. The number of aliphatic hydroxyl groups is 10. The van der Waals surface area contributed by atoms with Crippen LogP contribution < -0.4 is 10.6 Å². The molecule has 0 spiro atoms. The summed E-state index contributed by atoms with van der Waals surface area (Å²) in [7, 11) is 0. The van der Waals surface area contributed by atoms with Gasteiger partial charge in [0.15, 0.2) is 6.29 Å². The first-order valence-electron chi connectivity index (χ1n) is 14.0. The summed E-state index contributed by atoms with van der Waals surface area (Å²) in [5.74, 6) is -6.30. The predicted octanol–water partition coefficient (Wildman–Crippen LogP) is -8.24. The van der Waals surface area contributed by atoms with Gasteiger partial charge in [0.25, 0.3) is 5.79 Å². The van der Waals surface area contributed by atoms with E-state index in [1.165, 1.54) is 0 Å². The van der Waals surface area contributed by atoms with Gasteiger partial charge in [0.1, 0.15) is 73.4 Å². The topological polar surface area (TPSA) is 352 Å². The molecule has 2 rings (SSSR count). The summed E-state index contributed by atoms with van der Waals surface area (Å²) in [6.45, 7) is -1.09. The third-order valence-electron chi connectivity index (χ3n) is 7.41. The van der Waals surface area contributed by atoms with Crippen LogP contribution in [0.3, 0.4) is 0 Å². The standard InChI is InChI=1S/C25H42N2O19/c1-8(31)26-10(4-28)16(36)21(13(35)6-30)45-23-20(40)19(39)18(38)14(44-23)7-43-25(24(41)42)3-11(33)15(27-9(2)32)22(46-25)17(37)12(34)5-29/h4,10-23,29-30,33-40H,3,5-7H2,1-2H3,(H,26,31)(H,27,32)(H,41,42)/t10-,11-,12+,13+,14+,15+,16+,17+,18-,19-,20+,21?,22+,23-,25?/m0/s1. The molecule has 0 aromatic heterocycles. The van der Waals surface area contributed by atoms with Crippen LogP contribution in [0.1, 0.15) is 20.3 Å². The van der Waals surface area contributed by atoms with E-state index >= 15 is 0 Å². The number of carboxylic acids is 1. The second-order valence-electron chi connectivity index (χ2n) is 10.9. The SMILES string of the molecule is CC(=O)N[C@H]1[C@H]([C@H](O)[C@H](O)CO)OC(OC[C@H]2O[C@@H](OC([C@H](O)CO)[C@H](O)[C@H](C=O)NC(C)=O)[C@H](O)[C@@H](O)[C@H]2O)(C(=O)O)C[C@@H]1O. The van der Waals surface area contributed by atoms with Crippen molar-refractivity contribution in [2.24, 2.45) is 0 Å². The van der Waals surface area contributed by atoms with Gasteiger partial charge in [0, 0.05) is 20.3 Å². The summed E-state index contributed by atoms with van der Waals surface area (Å²) < 4.78 is 21.6. The number of amides is 2. The fourth-order valence-corrected chi connectivity index (χ4v) is 4.96. The summed E-state index contributed by atoms with van der Waals surface area (Å²) in [6, 6.07) is -3.21. The Balaban J connectivity index is 2.35. The third kappa shape index (κ3) is 9.32. The number of ether oxygens (including phenoxy) is 4. The maximum atomic E-state index is 12.4. The van der Waals surface area contributed by atoms with Crippen molar-refractivity contribution >= 4 is 24.1 Å². The summed E-state index contributed by atoms with van der Waals surface area (Å²) in [6.07, 6.45) is -24.7. The minimum absolute atomic E-state index is 0.0874. The lowest BCUT2D eigenvalue weighted by Crippen LogP contribution is -2.68. The lowest BCUT2D eigenvalue weighted by atomic mass is 9.88. The highest BCUT2D eigenvalue weighted by atomic mass is 16.7. The highest BCUT2D eigenvalue weighted by molar-refractivity contribution is 5.77. The summed E-state index contributed by atoms with van der Waals surface area (Å²) in [5.41, 5.74) is 0. The second-order valence-corrected chi connectivity index (χ2v) is 10.9. The molecule has 0 saturated carbocycles. The Labute approximate surface area is 260 Å². The lowest BCUT2D eigenvalue weighted by Gasteiger charge is -2.47. The maximum Gasteiger partial charge on any atom is 0.364 e. The van der Waals surface area contributed by atoms with Crippen LogP contribution >= 0.6 is 0 Å². The molecule has 2 saturated heterocycles. The van der Waals surface area contributed by atoms with E-state index in [4.69, 9.17) is 18.9 Å². The maximum absolute atomic E-state index is 12.4. The van der Waals surface area contributed by atoms with E-state index < -0.39 is 135 Å². The predicted molar refractivity (Wildman–Crippen MR) is 143 cm³/mol. The molecule has 2 aliphatic heterocycles. The number of rotatable bonds is 16. The van der Waals surface area contributed by atoms with Crippen LogP contribution in [0.5, 0.6) is 0 Å². The fraction of sp³-hybridized carbons (Fsp3) is 0.840. The number of aldehydes is 1. The highest BCUT2D eigenvalue weighted by Crippen LogP contribution is 2.35. The van der Waals surface area contributed by atoms with Gasteiger partial charge in [0.2, 0.25) is 11.8 Å². The van der Waals surface area contributed by atoms with Gasteiger partial charge in [0.05, 0.1) is 32.0 Å². The van der Waals surface area contributed by atoms with Crippen LogP contribution in [-0.4, -0.2) is 191 Å². The monoisotopic (exact) mass is 674 g/mol. The smallest absolute Gasteiger partial charge is 0.364 e. The fourth-order valence-electron chi connectivity index (χ4n) is 4.96. The molecular weight excluding hydrogens is 632 g/mol. The Hall–Kier alpha value is -2.48. The van der Waals surface area contributed by atoms with Gasteiger partial charge >= 0.3 is 5.97 Å². The summed E-state index contributed by atoms with van der Waals surface area (Å²) in [4.78, 5) is 47.0. The number of carbonyl (C=O) groups is 4. The van der Waals surface area contributed by atoms with Crippen molar-refractivity contribution in [2.75, 3.05) is 19.8 Å². The first-order chi connectivity index (χ1) is 21.4. The van der Waals surface area contributed by atoms with Crippen LogP contribution in [0.25, 0.3) is 0 Å². The van der Waals surface area contributed by atoms with Crippen LogP contribution in [0.15, 0.2) is 0 Å². The van der Waals surface area contributed by atoms with E-state index in [0.29, 0.717) is 0 Å². The third-order valence-corrected chi connectivity index (χ3v) is 7.41. The van der Waals surface area contributed by atoms with Crippen molar-refractivity contribution in [1.29, 1.82) is 0 Å². The molecule has 46 heavy (non-hydrogen) atoms. The molecule has 2 heterocycles. The quantitative estimate of drug-likeness (QED) is 0.0676. The molecular formula is C25H42N2O19. The van der Waals surface area contributed by atoms with Crippen molar-refractivity contribution in [3.05, 3.63) is 0 Å². The molecule has 21 nitrogen and oxygen atoms in total. The van der Waals surface area contributed by atoms with E-state index in [1.54, 1.807) is 0 Å². The van der Waals surface area contributed by atoms with Gasteiger partial charge < -0.3 is 90.5 Å². The number of hydrogen-bond acceptors (Lipinski definition) is 18. The van der Waals surface area contributed by atoms with Gasteiger partial charge in [-0.2, -0.15) is 0 Å². The van der Waals surface area contributed by atoms with Gasteiger partial charge in [-0.25, -0.2) is 4.79 Å². The Morgan fingerprint density at radius 1 is 0.957 bits per heavy atom. The van der Waals surface area contributed by atoms with Gasteiger partial charge in [-0.3, -0.25) is 9.59 Å². The Bertz CT molecular complexity index is 1040. The molecule has 0 aromatic rings. The largest absolute Gasteiger partial charge is 0.477 e. The van der Waals surface area contributed by atoms with Crippen LogP contribution in [-0.2, 0) is 38.1 Å². The van der Waals surface area contributed by atoms with E-state index in [1.807, 2.05) is 0 Å². The molecule has 0 aromatic carbocycles. The zero-order valence-corrected chi connectivity index (χ0v) is 24.7. The Morgan fingerprint density at radius 2 is 1.57 bits per heavy atom. The van der Waals surface area contributed by atoms with Crippen molar-refractivity contribution in [3.63, 3.8) is 0 Å². The van der Waals surface area contributed by atoms with Crippen LogP contribution in [0.4, 0.5) is 0 Å². The number of hydrogen-bond donors (Lipinski definition) is 13. The molecule has 2 fully saturated rings. The number of aliphatic carboxylic acids is 1. The van der Waals surface area contributed by atoms with Crippen molar-refractivity contribution in [2.45, 2.75) is 112 Å². The molecule has 21 heteroatoms. The van der Waals surface area contributed by atoms with Gasteiger partial charge in [-0.15, -0.1) is 0 Å². The van der Waals surface area contributed by atoms with Crippen LogP contribution in [0, 0.1) is 0 Å². The Morgan fingerprint density at radius 3 is 2.07 bits per heavy atom. The molecule has 13 N–H and O–H groups in total. The average Bonchev–Trinajstić information content (AvgIpc) is 3.00. The average molecular weight is 675 g/mol. The van der Waals surface area contributed by atoms with E-state index in [-0.39, 0.29) is 6.29 Å². The first kappa shape index (κ1) is 39.7. The number of carbonyl (C=O) groups excluding carboxylic acids is 3. The number of nitrogens with one attached hydrogen (secondary N) is 2. The van der Waals surface area contributed by atoms with E-state index in [2.05, 4.69) is 10.6 Å². The first-order valence-corrected chi connectivity index (χ1v) is 14.0.